The van der Waals surface area contributed by atoms with E-state index in [4.69, 9.17) is 4.74 Å². The van der Waals surface area contributed by atoms with Gasteiger partial charge in [0.25, 0.3) is 0 Å². The third kappa shape index (κ3) is 65.7. The summed E-state index contributed by atoms with van der Waals surface area (Å²) in [6, 6.07) is -0.539. The van der Waals surface area contributed by atoms with Crippen molar-refractivity contribution < 1.29 is 24.5 Å². The molecule has 0 aliphatic heterocycles. The van der Waals surface area contributed by atoms with Gasteiger partial charge < -0.3 is 20.3 Å². The smallest absolute Gasteiger partial charge is 0.305 e. The van der Waals surface area contributed by atoms with Crippen molar-refractivity contribution in [3.8, 4) is 0 Å². The fraction of sp³-hybridized carbons (Fsp3) is 0.946. The third-order valence-electron chi connectivity index (χ3n) is 17.6. The Hall–Kier alpha value is -1.40. The number of rotatable bonds is 70. The number of nitrogens with one attached hydrogen (secondary N) is 1. The Morgan fingerprint density at radius 3 is 0.887 bits per heavy atom. The van der Waals surface area contributed by atoms with Gasteiger partial charge >= 0.3 is 5.97 Å². The summed E-state index contributed by atoms with van der Waals surface area (Å²) in [6.45, 7) is 4.99. The fourth-order valence-electron chi connectivity index (χ4n) is 11.9. The number of hydrogen-bond acceptors (Lipinski definition) is 5. The zero-order chi connectivity index (χ0) is 57.8. The van der Waals surface area contributed by atoms with Crippen molar-refractivity contribution >= 4 is 11.9 Å². The molecular weight excluding hydrogens is 983 g/mol. The molecule has 0 aromatic rings. The quantitative estimate of drug-likeness (QED) is 0.0320. The highest BCUT2D eigenvalue weighted by Gasteiger charge is 2.20. The zero-order valence-corrected chi connectivity index (χ0v) is 54.6. The molecule has 3 N–H and O–H groups in total. The van der Waals surface area contributed by atoms with Gasteiger partial charge in [0.2, 0.25) is 5.91 Å². The molecule has 2 unspecified atom stereocenters. The van der Waals surface area contributed by atoms with E-state index in [1.54, 1.807) is 0 Å². The SMILES string of the molecule is CCCCCCC/C=C\CCCCCCCC(=O)OCCCCCCCCCCCCCCCCCCCCCCCCCCCCCCC(=O)NC(CO)C(O)CCCCCCCCCCCCCCCCCCCCCCC. The van der Waals surface area contributed by atoms with Gasteiger partial charge in [-0.3, -0.25) is 9.59 Å². The molecule has 0 spiro atoms. The number of carbonyl (C=O) groups excluding carboxylic acids is 2. The van der Waals surface area contributed by atoms with Gasteiger partial charge in [-0.05, 0) is 51.4 Å². The van der Waals surface area contributed by atoms with Crippen molar-refractivity contribution in [1.29, 1.82) is 0 Å². The number of carbonyl (C=O) groups is 2. The minimum Gasteiger partial charge on any atom is -0.466 e. The van der Waals surface area contributed by atoms with Crippen molar-refractivity contribution in [2.24, 2.45) is 0 Å². The molecule has 0 rings (SSSR count). The summed E-state index contributed by atoms with van der Waals surface area (Å²) in [4.78, 5) is 24.6. The van der Waals surface area contributed by atoms with Gasteiger partial charge in [-0.2, -0.15) is 0 Å². The average molecular weight is 1130 g/mol. The van der Waals surface area contributed by atoms with E-state index in [0.717, 1.165) is 44.9 Å². The van der Waals surface area contributed by atoms with Gasteiger partial charge in [-0.1, -0.05) is 373 Å². The first-order valence-corrected chi connectivity index (χ1v) is 36.9. The highest BCUT2D eigenvalue weighted by atomic mass is 16.5. The normalized spacial score (nSPS) is 12.5. The molecule has 0 aliphatic rings. The van der Waals surface area contributed by atoms with Crippen LogP contribution in [0.4, 0.5) is 0 Å². The monoisotopic (exact) mass is 1130 g/mol. The van der Waals surface area contributed by atoms with E-state index in [1.165, 1.54) is 347 Å². The number of ether oxygens (including phenoxy) is 1. The zero-order valence-electron chi connectivity index (χ0n) is 54.6. The molecule has 6 heteroatoms. The van der Waals surface area contributed by atoms with Crippen LogP contribution in [0.15, 0.2) is 12.2 Å². The Labute approximate surface area is 501 Å². The second-order valence-corrected chi connectivity index (χ2v) is 25.6. The van der Waals surface area contributed by atoms with Crippen LogP contribution in [0.2, 0.25) is 0 Å². The highest BCUT2D eigenvalue weighted by Crippen LogP contribution is 2.20. The molecule has 0 aromatic carbocycles. The summed E-state index contributed by atoms with van der Waals surface area (Å²) in [6.07, 6.45) is 87.0. The lowest BCUT2D eigenvalue weighted by atomic mass is 10.0. The van der Waals surface area contributed by atoms with Crippen molar-refractivity contribution in [3.63, 3.8) is 0 Å². The van der Waals surface area contributed by atoms with Crippen molar-refractivity contribution in [2.45, 2.75) is 437 Å². The van der Waals surface area contributed by atoms with Crippen LogP contribution in [0.1, 0.15) is 425 Å². The molecule has 6 nitrogen and oxygen atoms in total. The number of esters is 1. The van der Waals surface area contributed by atoms with Gasteiger partial charge in [0.05, 0.1) is 25.4 Å². The summed E-state index contributed by atoms with van der Waals surface area (Å²) >= 11 is 0. The van der Waals surface area contributed by atoms with Crippen LogP contribution in [0.3, 0.4) is 0 Å². The molecule has 476 valence electrons. The molecule has 0 fully saturated rings. The molecular formula is C74H145NO5. The standard InChI is InChI=1S/C74H145NO5/c1-3-5-7-9-11-13-15-17-19-20-21-30-33-36-39-42-46-50-54-58-62-66-72(77)71(70-76)75-73(78)67-63-59-55-51-47-43-40-37-34-31-28-26-24-22-23-25-27-29-32-35-38-41-45-49-53-57-61-65-69-80-74(79)68-64-60-56-52-48-44-18-16-14-12-10-8-6-4-2/h16,18,71-72,76-77H,3-15,17,19-70H2,1-2H3,(H,75,78)/b18-16-. The first kappa shape index (κ1) is 78.6. The second-order valence-electron chi connectivity index (χ2n) is 25.6. The van der Waals surface area contributed by atoms with Crippen molar-refractivity contribution in [2.75, 3.05) is 13.2 Å². The lowest BCUT2D eigenvalue weighted by molar-refractivity contribution is -0.143. The average Bonchev–Trinajstić information content (AvgIpc) is 3.46. The molecule has 80 heavy (non-hydrogen) atoms. The summed E-state index contributed by atoms with van der Waals surface area (Å²) in [7, 11) is 0. The number of aliphatic hydroxyl groups is 2. The van der Waals surface area contributed by atoms with Crippen LogP contribution in [0, 0.1) is 0 Å². The second kappa shape index (κ2) is 70.1. The van der Waals surface area contributed by atoms with E-state index >= 15 is 0 Å². The van der Waals surface area contributed by atoms with Crippen LogP contribution < -0.4 is 5.32 Å². The minimum absolute atomic E-state index is 0.0114. The Morgan fingerprint density at radius 2 is 0.588 bits per heavy atom. The molecule has 0 saturated carbocycles. The summed E-state index contributed by atoms with van der Waals surface area (Å²) < 4.78 is 5.49. The molecule has 0 heterocycles. The van der Waals surface area contributed by atoms with Crippen molar-refractivity contribution in [1.82, 2.24) is 5.32 Å². The lowest BCUT2D eigenvalue weighted by Gasteiger charge is -2.22. The molecule has 0 radical (unpaired) electrons. The van der Waals surface area contributed by atoms with Gasteiger partial charge in [0, 0.05) is 12.8 Å². The largest absolute Gasteiger partial charge is 0.466 e. The Bertz CT molecular complexity index is 1210. The molecule has 0 aliphatic carbocycles. The fourth-order valence-corrected chi connectivity index (χ4v) is 11.9. The van der Waals surface area contributed by atoms with E-state index < -0.39 is 12.1 Å². The Morgan fingerprint density at radius 1 is 0.338 bits per heavy atom. The number of hydrogen-bond donors (Lipinski definition) is 3. The first-order chi connectivity index (χ1) is 39.5. The van der Waals surface area contributed by atoms with Crippen LogP contribution in [0.25, 0.3) is 0 Å². The van der Waals surface area contributed by atoms with Gasteiger partial charge in [-0.15, -0.1) is 0 Å². The van der Waals surface area contributed by atoms with Crippen LogP contribution in [0.5, 0.6) is 0 Å². The summed E-state index contributed by atoms with van der Waals surface area (Å²) in [5.41, 5.74) is 0. The summed E-state index contributed by atoms with van der Waals surface area (Å²) in [5.74, 6) is -0.0153. The molecule has 0 aromatic heterocycles. The molecule has 0 saturated heterocycles. The van der Waals surface area contributed by atoms with E-state index in [2.05, 4.69) is 31.3 Å². The molecule has 2 atom stereocenters. The Balaban J connectivity index is 3.34. The van der Waals surface area contributed by atoms with Gasteiger partial charge in [0.1, 0.15) is 0 Å². The molecule has 0 bridgehead atoms. The van der Waals surface area contributed by atoms with E-state index in [9.17, 15) is 19.8 Å². The predicted molar refractivity (Wildman–Crippen MR) is 352 cm³/mol. The van der Waals surface area contributed by atoms with Crippen LogP contribution >= 0.6 is 0 Å². The number of amides is 1. The predicted octanol–water partition coefficient (Wildman–Crippen LogP) is 23.9. The van der Waals surface area contributed by atoms with Gasteiger partial charge in [0.15, 0.2) is 0 Å². The summed E-state index contributed by atoms with van der Waals surface area (Å²) in [5, 5.41) is 23.4. The first-order valence-electron chi connectivity index (χ1n) is 36.9. The number of allylic oxidation sites excluding steroid dienone is 2. The van der Waals surface area contributed by atoms with E-state index in [1.807, 2.05) is 0 Å². The van der Waals surface area contributed by atoms with E-state index in [0.29, 0.717) is 25.9 Å². The topological polar surface area (TPSA) is 95.9 Å². The lowest BCUT2D eigenvalue weighted by Crippen LogP contribution is -2.45. The number of unbranched alkanes of at least 4 members (excludes halogenated alkanes) is 57. The maximum Gasteiger partial charge on any atom is 0.305 e. The minimum atomic E-state index is -0.663. The van der Waals surface area contributed by atoms with Crippen LogP contribution in [-0.2, 0) is 14.3 Å². The van der Waals surface area contributed by atoms with Gasteiger partial charge in [-0.25, -0.2) is 0 Å². The van der Waals surface area contributed by atoms with Crippen molar-refractivity contribution in [3.05, 3.63) is 12.2 Å². The highest BCUT2D eigenvalue weighted by molar-refractivity contribution is 5.76. The number of aliphatic hydroxyl groups excluding tert-OH is 2. The van der Waals surface area contributed by atoms with Crippen LogP contribution in [-0.4, -0.2) is 47.4 Å². The van der Waals surface area contributed by atoms with E-state index in [-0.39, 0.29) is 18.5 Å². The third-order valence-corrected chi connectivity index (χ3v) is 17.6. The Kier molecular flexibility index (Phi) is 68.9. The maximum absolute atomic E-state index is 12.6. The maximum atomic E-state index is 12.6. The molecule has 1 amide bonds.